The molecule has 1 aliphatic heterocycles. The standard InChI is InChI=1S/C23H28F2N2O2/c1-23(2,3)21-14-20(12-13-26(21)22(28)29)27(19-10-8-18(25)9-11-19)15-16-4-6-17(24)7-5-16/h4-11,20-21H,12-15H2,1-3H3,(H,28,29). The number of hydrogen-bond donors (Lipinski definition) is 1. The van der Waals surface area contributed by atoms with E-state index in [0.717, 1.165) is 11.3 Å². The Balaban J connectivity index is 1.91. The van der Waals surface area contributed by atoms with Gasteiger partial charge >= 0.3 is 6.09 Å². The molecule has 2 aromatic carbocycles. The Bertz CT molecular complexity index is 831. The molecule has 1 fully saturated rings. The van der Waals surface area contributed by atoms with Gasteiger partial charge in [-0.25, -0.2) is 13.6 Å². The van der Waals surface area contributed by atoms with Gasteiger partial charge in [0.1, 0.15) is 11.6 Å². The number of rotatable bonds is 4. The highest BCUT2D eigenvalue weighted by Gasteiger charge is 2.40. The maximum absolute atomic E-state index is 13.5. The number of carbonyl (C=O) groups is 1. The summed E-state index contributed by atoms with van der Waals surface area (Å²) in [5.41, 5.74) is 1.61. The minimum absolute atomic E-state index is 0.0883. The van der Waals surface area contributed by atoms with Crippen LogP contribution in [0.3, 0.4) is 0 Å². The van der Waals surface area contributed by atoms with Crippen molar-refractivity contribution in [2.45, 2.75) is 52.2 Å². The first-order valence-corrected chi connectivity index (χ1v) is 9.91. The van der Waals surface area contributed by atoms with Crippen LogP contribution in [-0.4, -0.2) is 34.7 Å². The van der Waals surface area contributed by atoms with Crippen molar-refractivity contribution in [3.8, 4) is 0 Å². The molecule has 2 unspecified atom stereocenters. The smallest absolute Gasteiger partial charge is 0.407 e. The van der Waals surface area contributed by atoms with Crippen molar-refractivity contribution < 1.29 is 18.7 Å². The van der Waals surface area contributed by atoms with Crippen molar-refractivity contribution in [2.24, 2.45) is 5.41 Å². The van der Waals surface area contributed by atoms with Crippen LogP contribution in [-0.2, 0) is 6.54 Å². The van der Waals surface area contributed by atoms with E-state index in [1.807, 2.05) is 0 Å². The Labute approximate surface area is 170 Å². The van der Waals surface area contributed by atoms with Crippen molar-refractivity contribution in [2.75, 3.05) is 11.4 Å². The fourth-order valence-corrected chi connectivity index (χ4v) is 4.13. The molecule has 0 bridgehead atoms. The van der Waals surface area contributed by atoms with Crippen LogP contribution >= 0.6 is 0 Å². The fraction of sp³-hybridized carbons (Fsp3) is 0.435. The number of nitrogens with zero attached hydrogens (tertiary/aromatic N) is 2. The minimum Gasteiger partial charge on any atom is -0.465 e. The van der Waals surface area contributed by atoms with Gasteiger partial charge in [0.25, 0.3) is 0 Å². The van der Waals surface area contributed by atoms with Crippen LogP contribution in [0.5, 0.6) is 0 Å². The number of piperidine rings is 1. The summed E-state index contributed by atoms with van der Waals surface area (Å²) in [7, 11) is 0. The number of amides is 1. The molecule has 4 nitrogen and oxygen atoms in total. The summed E-state index contributed by atoms with van der Waals surface area (Å²) in [5, 5.41) is 9.64. The van der Waals surface area contributed by atoms with E-state index in [1.54, 1.807) is 24.3 Å². The van der Waals surface area contributed by atoms with Gasteiger partial charge in [0.2, 0.25) is 0 Å². The molecule has 1 N–H and O–H groups in total. The summed E-state index contributed by atoms with van der Waals surface area (Å²) in [6.45, 7) is 7.15. The highest BCUT2D eigenvalue weighted by molar-refractivity contribution is 5.66. The molecule has 0 saturated carbocycles. The zero-order valence-corrected chi connectivity index (χ0v) is 17.1. The Morgan fingerprint density at radius 2 is 1.62 bits per heavy atom. The van der Waals surface area contributed by atoms with E-state index in [-0.39, 0.29) is 29.1 Å². The first-order chi connectivity index (χ1) is 13.6. The summed E-state index contributed by atoms with van der Waals surface area (Å²) in [4.78, 5) is 15.5. The summed E-state index contributed by atoms with van der Waals surface area (Å²) in [6.07, 6.45) is 0.460. The summed E-state index contributed by atoms with van der Waals surface area (Å²) in [6, 6.07) is 12.7. The lowest BCUT2D eigenvalue weighted by Crippen LogP contribution is -2.56. The Morgan fingerprint density at radius 1 is 1.07 bits per heavy atom. The van der Waals surface area contributed by atoms with Gasteiger partial charge < -0.3 is 14.9 Å². The molecular formula is C23H28F2N2O2. The lowest BCUT2D eigenvalue weighted by atomic mass is 9.78. The van der Waals surface area contributed by atoms with E-state index in [4.69, 9.17) is 0 Å². The zero-order valence-electron chi connectivity index (χ0n) is 17.1. The lowest BCUT2D eigenvalue weighted by Gasteiger charge is -2.48. The minimum atomic E-state index is -0.893. The monoisotopic (exact) mass is 402 g/mol. The van der Waals surface area contributed by atoms with Crippen molar-refractivity contribution in [3.63, 3.8) is 0 Å². The first kappa shape index (κ1) is 21.1. The first-order valence-electron chi connectivity index (χ1n) is 9.91. The SMILES string of the molecule is CC(C)(C)C1CC(N(Cc2ccc(F)cc2)c2ccc(F)cc2)CCN1C(=O)O. The van der Waals surface area contributed by atoms with Crippen LogP contribution in [0.15, 0.2) is 48.5 Å². The third-order valence-electron chi connectivity index (χ3n) is 5.69. The number of hydrogen-bond acceptors (Lipinski definition) is 2. The maximum Gasteiger partial charge on any atom is 0.407 e. The van der Waals surface area contributed by atoms with E-state index in [2.05, 4.69) is 25.7 Å². The zero-order chi connectivity index (χ0) is 21.2. The Morgan fingerprint density at radius 3 is 2.14 bits per heavy atom. The molecule has 3 rings (SSSR count). The summed E-state index contributed by atoms with van der Waals surface area (Å²) >= 11 is 0. The average Bonchev–Trinajstić information content (AvgIpc) is 2.67. The van der Waals surface area contributed by atoms with Crippen molar-refractivity contribution in [1.29, 1.82) is 0 Å². The second-order valence-electron chi connectivity index (χ2n) is 8.77. The largest absolute Gasteiger partial charge is 0.465 e. The molecular weight excluding hydrogens is 374 g/mol. The van der Waals surface area contributed by atoms with Crippen LogP contribution in [0.1, 0.15) is 39.2 Å². The van der Waals surface area contributed by atoms with E-state index in [1.165, 1.54) is 29.2 Å². The van der Waals surface area contributed by atoms with E-state index in [0.29, 0.717) is 25.9 Å². The summed E-state index contributed by atoms with van der Waals surface area (Å²) < 4.78 is 26.8. The van der Waals surface area contributed by atoms with Gasteiger partial charge in [-0.15, -0.1) is 0 Å². The molecule has 29 heavy (non-hydrogen) atoms. The average molecular weight is 402 g/mol. The Kier molecular flexibility index (Phi) is 6.10. The van der Waals surface area contributed by atoms with Crippen molar-refractivity contribution >= 4 is 11.8 Å². The van der Waals surface area contributed by atoms with E-state index < -0.39 is 6.09 Å². The Hall–Kier alpha value is -2.63. The van der Waals surface area contributed by atoms with Crippen LogP contribution in [0.4, 0.5) is 19.3 Å². The molecule has 2 aromatic rings. The van der Waals surface area contributed by atoms with Gasteiger partial charge in [-0.2, -0.15) is 0 Å². The van der Waals surface area contributed by atoms with Gasteiger partial charge in [0, 0.05) is 30.9 Å². The van der Waals surface area contributed by atoms with Crippen LogP contribution in [0.25, 0.3) is 0 Å². The van der Waals surface area contributed by atoms with Gasteiger partial charge in [0.05, 0.1) is 0 Å². The normalized spacial score (nSPS) is 19.8. The number of likely N-dealkylation sites (tertiary alicyclic amines) is 1. The predicted molar refractivity (Wildman–Crippen MR) is 110 cm³/mol. The van der Waals surface area contributed by atoms with Crippen LogP contribution in [0.2, 0.25) is 0 Å². The molecule has 156 valence electrons. The van der Waals surface area contributed by atoms with Gasteiger partial charge in [-0.3, -0.25) is 0 Å². The van der Waals surface area contributed by atoms with Gasteiger partial charge in [-0.1, -0.05) is 32.9 Å². The van der Waals surface area contributed by atoms with Crippen LogP contribution in [0, 0.1) is 17.0 Å². The molecule has 6 heteroatoms. The third-order valence-corrected chi connectivity index (χ3v) is 5.69. The van der Waals surface area contributed by atoms with Gasteiger partial charge in [0.15, 0.2) is 0 Å². The molecule has 1 amide bonds. The number of carboxylic acid groups (broad SMARTS) is 1. The molecule has 1 heterocycles. The molecule has 1 aliphatic rings. The highest BCUT2D eigenvalue weighted by Crippen LogP contribution is 2.36. The quantitative estimate of drug-likeness (QED) is 0.731. The second kappa shape index (κ2) is 8.39. The topological polar surface area (TPSA) is 43.8 Å². The number of halogens is 2. The predicted octanol–water partition coefficient (Wildman–Crippen LogP) is 5.53. The third kappa shape index (κ3) is 5.05. The van der Waals surface area contributed by atoms with E-state index in [9.17, 15) is 18.7 Å². The molecule has 1 saturated heterocycles. The van der Waals surface area contributed by atoms with Gasteiger partial charge in [-0.05, 0) is 60.2 Å². The number of benzene rings is 2. The molecule has 0 spiro atoms. The molecule has 0 radical (unpaired) electrons. The highest BCUT2D eigenvalue weighted by atomic mass is 19.1. The maximum atomic E-state index is 13.5. The van der Waals surface area contributed by atoms with E-state index >= 15 is 0 Å². The molecule has 2 atom stereocenters. The second-order valence-corrected chi connectivity index (χ2v) is 8.77. The van der Waals surface area contributed by atoms with Crippen molar-refractivity contribution in [1.82, 2.24) is 4.90 Å². The summed E-state index contributed by atoms with van der Waals surface area (Å²) in [5.74, 6) is -0.589. The number of anilines is 1. The fourth-order valence-electron chi connectivity index (χ4n) is 4.13. The van der Waals surface area contributed by atoms with Crippen molar-refractivity contribution in [3.05, 3.63) is 65.7 Å². The molecule has 0 aromatic heterocycles. The van der Waals surface area contributed by atoms with Crippen LogP contribution < -0.4 is 4.90 Å². The molecule has 0 aliphatic carbocycles. The lowest BCUT2D eigenvalue weighted by molar-refractivity contribution is 0.0520.